The number of hydrogen-bond acceptors (Lipinski definition) is 6. The highest BCUT2D eigenvalue weighted by molar-refractivity contribution is 9.10. The molecule has 0 fully saturated rings. The second-order valence-electron chi connectivity index (χ2n) is 9.13. The molecular formula is C27H21BrF3N5O3S. The molecule has 40 heavy (non-hydrogen) atoms. The quantitative estimate of drug-likeness (QED) is 0.212. The van der Waals surface area contributed by atoms with Crippen molar-refractivity contribution < 1.29 is 27.2 Å². The number of nitrogens with one attached hydrogen (secondary N) is 1. The average molecular weight is 632 g/mol. The summed E-state index contributed by atoms with van der Waals surface area (Å²) in [4.78, 5) is 29.1. The number of thiophene rings is 1. The molecule has 4 heterocycles. The highest BCUT2D eigenvalue weighted by atomic mass is 79.9. The Balaban J connectivity index is 1.57. The number of nitrogens with zero attached hydrogens (tertiary/aromatic N) is 3. The van der Waals surface area contributed by atoms with Gasteiger partial charge in [0.15, 0.2) is 5.76 Å². The zero-order valence-corrected chi connectivity index (χ0v) is 23.7. The van der Waals surface area contributed by atoms with Gasteiger partial charge in [-0.2, -0.15) is 18.3 Å². The molecule has 0 saturated carbocycles. The zero-order chi connectivity index (χ0) is 28.9. The van der Waals surface area contributed by atoms with E-state index in [9.17, 15) is 22.8 Å². The monoisotopic (exact) mass is 631 g/mol. The summed E-state index contributed by atoms with van der Waals surface area (Å²) < 4.78 is 49.5. The van der Waals surface area contributed by atoms with Crippen molar-refractivity contribution in [2.75, 3.05) is 5.32 Å². The van der Waals surface area contributed by atoms with Crippen LogP contribution in [0.4, 0.5) is 18.9 Å². The number of nitrogens with two attached hydrogens (primary N) is 1. The molecule has 13 heteroatoms. The normalized spacial score (nSPS) is 11.8. The topological polar surface area (TPSA) is 116 Å². The highest BCUT2D eigenvalue weighted by Gasteiger charge is 2.35. The number of hydrogen-bond donors (Lipinski definition) is 2. The van der Waals surface area contributed by atoms with Crippen LogP contribution in [0.3, 0.4) is 0 Å². The molecule has 0 aliphatic heterocycles. The minimum atomic E-state index is -4.74. The minimum Gasteiger partial charge on any atom is -0.454 e. The van der Waals surface area contributed by atoms with Crippen LogP contribution in [0.25, 0.3) is 21.3 Å². The fourth-order valence-corrected chi connectivity index (χ4v) is 5.52. The zero-order valence-electron chi connectivity index (χ0n) is 21.3. The van der Waals surface area contributed by atoms with Crippen molar-refractivity contribution in [1.29, 1.82) is 0 Å². The summed E-state index contributed by atoms with van der Waals surface area (Å²) in [6.45, 7) is 5.85. The van der Waals surface area contributed by atoms with E-state index in [1.807, 2.05) is 20.8 Å². The molecule has 0 aliphatic carbocycles. The molecule has 0 aliphatic rings. The van der Waals surface area contributed by atoms with E-state index in [-0.39, 0.29) is 38.6 Å². The lowest BCUT2D eigenvalue weighted by Crippen LogP contribution is -2.16. The maximum Gasteiger partial charge on any atom is 0.433 e. The van der Waals surface area contributed by atoms with Crippen LogP contribution in [-0.2, 0) is 12.7 Å². The number of halogens is 4. The molecule has 3 N–H and O–H groups in total. The van der Waals surface area contributed by atoms with Gasteiger partial charge in [0.05, 0.1) is 28.1 Å². The van der Waals surface area contributed by atoms with Gasteiger partial charge in [0, 0.05) is 5.39 Å². The van der Waals surface area contributed by atoms with Crippen LogP contribution < -0.4 is 11.1 Å². The van der Waals surface area contributed by atoms with Crippen molar-refractivity contribution in [3.05, 3.63) is 86.0 Å². The lowest BCUT2D eigenvalue weighted by Gasteiger charge is -2.12. The number of benzene rings is 1. The van der Waals surface area contributed by atoms with E-state index in [0.717, 1.165) is 27.5 Å². The molecule has 1 aromatic carbocycles. The maximum absolute atomic E-state index is 13.7. The fourth-order valence-electron chi connectivity index (χ4n) is 4.23. The molecule has 5 aromatic rings. The first kappa shape index (κ1) is 27.6. The number of amides is 2. The van der Waals surface area contributed by atoms with E-state index < -0.39 is 23.7 Å². The van der Waals surface area contributed by atoms with Gasteiger partial charge >= 0.3 is 6.18 Å². The number of rotatable bonds is 6. The van der Waals surface area contributed by atoms with Gasteiger partial charge in [-0.1, -0.05) is 29.8 Å². The van der Waals surface area contributed by atoms with Gasteiger partial charge in [0.2, 0.25) is 0 Å². The Morgan fingerprint density at radius 3 is 2.42 bits per heavy atom. The van der Waals surface area contributed by atoms with Crippen molar-refractivity contribution in [2.24, 2.45) is 5.73 Å². The third-order valence-corrected chi connectivity index (χ3v) is 8.51. The number of primary amides is 1. The largest absolute Gasteiger partial charge is 0.454 e. The summed E-state index contributed by atoms with van der Waals surface area (Å²) in [6.07, 6.45) is -4.74. The molecule has 5 rings (SSSR count). The van der Waals surface area contributed by atoms with E-state index in [4.69, 9.17) is 10.2 Å². The van der Waals surface area contributed by atoms with E-state index in [0.29, 0.717) is 22.7 Å². The third-order valence-electron chi connectivity index (χ3n) is 6.26. The van der Waals surface area contributed by atoms with Crippen molar-refractivity contribution in [2.45, 2.75) is 33.5 Å². The summed E-state index contributed by atoms with van der Waals surface area (Å²) in [6, 6.07) is 10.8. The molecule has 206 valence electrons. The Bertz CT molecular complexity index is 1790. The molecule has 4 aromatic heterocycles. The number of fused-ring (bicyclic) bond motifs is 1. The van der Waals surface area contributed by atoms with Crippen LogP contribution in [0.2, 0.25) is 0 Å². The van der Waals surface area contributed by atoms with Crippen molar-refractivity contribution in [3.63, 3.8) is 0 Å². The lowest BCUT2D eigenvalue weighted by atomic mass is 10.00. The number of carbonyl (C=O) groups is 2. The Kier molecular flexibility index (Phi) is 7.04. The van der Waals surface area contributed by atoms with Crippen LogP contribution in [0.15, 0.2) is 51.4 Å². The molecule has 2 amide bonds. The molecule has 0 spiro atoms. The SMILES string of the molecule is Cc1ccc(-c2cc(C(F)(F)F)nc3sc(C(N)=O)c(NC(=O)c4ccc(Cn5nc(C)c(Br)c5C)o4)c23)cc1. The predicted octanol–water partition coefficient (Wildman–Crippen LogP) is 6.86. The molecular weight excluding hydrogens is 611 g/mol. The van der Waals surface area contributed by atoms with E-state index in [1.54, 1.807) is 35.0 Å². The van der Waals surface area contributed by atoms with Gasteiger partial charge in [-0.3, -0.25) is 14.3 Å². The van der Waals surface area contributed by atoms with Gasteiger partial charge in [-0.05, 0) is 66.0 Å². The third kappa shape index (κ3) is 5.13. The number of aromatic nitrogens is 3. The number of furan rings is 1. The van der Waals surface area contributed by atoms with Gasteiger partial charge in [0.1, 0.15) is 21.2 Å². The number of anilines is 1. The smallest absolute Gasteiger partial charge is 0.433 e. The predicted molar refractivity (Wildman–Crippen MR) is 148 cm³/mol. The summed E-state index contributed by atoms with van der Waals surface area (Å²) in [5, 5.41) is 7.23. The minimum absolute atomic E-state index is 0.0327. The standard InChI is InChI=1S/C27H21BrF3N5O3S/c1-12-4-6-15(7-5-12)17-10-19(27(29,30)31)33-26-20(17)22(23(40-26)24(32)37)34-25(38)18-9-8-16(39-18)11-36-14(3)21(28)13(2)35-36/h4-10H,11H2,1-3H3,(H2,32,37)(H,34,38). The van der Waals surface area contributed by atoms with Crippen LogP contribution in [0, 0.1) is 20.8 Å². The molecule has 0 unspecified atom stereocenters. The highest BCUT2D eigenvalue weighted by Crippen LogP contribution is 2.43. The Morgan fingerprint density at radius 2 is 1.82 bits per heavy atom. The number of aryl methyl sites for hydroxylation is 2. The molecule has 0 bridgehead atoms. The maximum atomic E-state index is 13.7. The van der Waals surface area contributed by atoms with Gasteiger partial charge in [-0.15, -0.1) is 11.3 Å². The Labute approximate surface area is 238 Å². The van der Waals surface area contributed by atoms with Crippen LogP contribution in [0.5, 0.6) is 0 Å². The Hall–Kier alpha value is -3.97. The van der Waals surface area contributed by atoms with Crippen LogP contribution in [0.1, 0.15) is 48.6 Å². The average Bonchev–Trinajstić information content (AvgIpc) is 3.57. The second-order valence-corrected chi connectivity index (χ2v) is 10.9. The first-order valence-corrected chi connectivity index (χ1v) is 13.5. The second kappa shape index (κ2) is 10.2. The molecule has 0 radical (unpaired) electrons. The first-order chi connectivity index (χ1) is 18.8. The number of alkyl halides is 3. The number of pyridine rings is 1. The fraction of sp³-hybridized carbons (Fsp3) is 0.185. The van der Waals surface area contributed by atoms with Crippen molar-refractivity contribution >= 4 is 55.0 Å². The van der Waals surface area contributed by atoms with Crippen molar-refractivity contribution in [1.82, 2.24) is 14.8 Å². The number of carbonyl (C=O) groups excluding carboxylic acids is 2. The van der Waals surface area contributed by atoms with Crippen LogP contribution in [-0.4, -0.2) is 26.6 Å². The van der Waals surface area contributed by atoms with Gasteiger partial charge in [0.25, 0.3) is 11.8 Å². The summed E-state index contributed by atoms with van der Waals surface area (Å²) >= 11 is 4.15. The summed E-state index contributed by atoms with van der Waals surface area (Å²) in [7, 11) is 0. The van der Waals surface area contributed by atoms with Gasteiger partial charge < -0.3 is 15.5 Å². The summed E-state index contributed by atoms with van der Waals surface area (Å²) in [5.74, 6) is -1.25. The molecule has 8 nitrogen and oxygen atoms in total. The first-order valence-electron chi connectivity index (χ1n) is 11.8. The van der Waals surface area contributed by atoms with Crippen LogP contribution >= 0.6 is 27.3 Å². The Morgan fingerprint density at radius 1 is 1.12 bits per heavy atom. The lowest BCUT2D eigenvalue weighted by molar-refractivity contribution is -0.140. The van der Waals surface area contributed by atoms with E-state index in [2.05, 4.69) is 31.3 Å². The van der Waals surface area contributed by atoms with E-state index >= 15 is 0 Å². The van der Waals surface area contributed by atoms with Crippen molar-refractivity contribution in [3.8, 4) is 11.1 Å². The molecule has 0 saturated heterocycles. The van der Waals surface area contributed by atoms with Gasteiger partial charge in [-0.25, -0.2) is 4.98 Å². The molecule has 0 atom stereocenters. The van der Waals surface area contributed by atoms with E-state index in [1.165, 1.54) is 6.07 Å². The summed E-state index contributed by atoms with van der Waals surface area (Å²) in [5.41, 5.74) is 7.60.